The molecule has 9 aromatic rings. The van der Waals surface area contributed by atoms with Gasteiger partial charge in [-0.25, -0.2) is 29.4 Å². The summed E-state index contributed by atoms with van der Waals surface area (Å²) in [7, 11) is 0. The van der Waals surface area contributed by atoms with Crippen LogP contribution in [0.4, 0.5) is 11.4 Å². The molecule has 9 aromatic heterocycles. The molecule has 296 valence electrons. The maximum atomic E-state index is 10.7. The Balaban J connectivity index is 0.000000193. The summed E-state index contributed by atoms with van der Waals surface area (Å²) in [5.74, 6) is 0.877. The van der Waals surface area contributed by atoms with E-state index in [-0.39, 0.29) is 51.7 Å². The number of nitrogens with zero attached hydrogens (tertiary/aromatic N) is 17. The van der Waals surface area contributed by atoms with Gasteiger partial charge < -0.3 is 26.7 Å². The predicted molar refractivity (Wildman–Crippen MR) is 196 cm³/mol. The molecule has 0 aliphatic rings. The minimum Gasteiger partial charge on any atom is -0.425 e. The van der Waals surface area contributed by atoms with Gasteiger partial charge in [-0.05, 0) is 59.0 Å². The van der Waals surface area contributed by atoms with Crippen LogP contribution < -0.4 is 38.9 Å². The van der Waals surface area contributed by atoms with Crippen LogP contribution >= 0.6 is 11.6 Å². The second-order valence-electron chi connectivity index (χ2n) is 10.5. The maximum absolute atomic E-state index is 10.7. The normalized spacial score (nSPS) is 9.75. The molecule has 0 aliphatic heterocycles. The first-order valence-corrected chi connectivity index (χ1v) is 16.0. The monoisotopic (exact) mass is 840 g/mol. The van der Waals surface area contributed by atoms with Crippen LogP contribution in [0, 0.1) is 39.0 Å². The van der Waals surface area contributed by atoms with Crippen molar-refractivity contribution in [2.45, 2.75) is 13.8 Å². The number of imidazole rings is 2. The van der Waals surface area contributed by atoms with Gasteiger partial charge in [-0.3, -0.25) is 25.1 Å². The number of hydrogen-bond acceptors (Lipinski definition) is 16. The fourth-order valence-electron chi connectivity index (χ4n) is 4.39. The zero-order chi connectivity index (χ0) is 42.4. The van der Waals surface area contributed by atoms with E-state index in [1.165, 1.54) is 40.2 Å². The average Bonchev–Trinajstić information content (AvgIpc) is 3.99. The summed E-state index contributed by atoms with van der Waals surface area (Å²) in [5, 5.41) is 54.6. The molecule has 9 heterocycles. The molecule has 9 rings (SSSR count). The minimum absolute atomic E-state index is 0. The van der Waals surface area contributed by atoms with Crippen molar-refractivity contribution in [2.75, 3.05) is 0 Å². The first kappa shape index (κ1) is 45.5. The van der Waals surface area contributed by atoms with E-state index in [2.05, 4.69) is 44.8 Å². The molecule has 0 bridgehead atoms. The quantitative estimate of drug-likeness (QED) is 0.0219. The van der Waals surface area contributed by atoms with Crippen molar-refractivity contribution in [2.24, 2.45) is 0 Å². The smallest absolute Gasteiger partial charge is 0.425 e. The number of H-pyrrole nitrogens is 1. The van der Waals surface area contributed by atoms with E-state index >= 15 is 0 Å². The van der Waals surface area contributed by atoms with Crippen molar-refractivity contribution in [3.8, 4) is 0 Å². The van der Waals surface area contributed by atoms with Gasteiger partial charge in [-0.2, -0.15) is 9.83 Å². The standard InChI is InChI=1S/C7H8N3O2.C7H7N3O.C6H4N4O2.C5H3ClN2O2.C5H4N3O2.N3.Na/c1-5-9(11)6-3-2-4-8-7(6)10(5)12;1-5-9-6-3-2-4-8-7(6)10(5)11;11-10(12)5-2-1-3-9-6(5)7-4-8-9;6-5-4(8(9)10)2-1-3-7-5;9-8-4-2-1-3-6-5(4)7-10-8;1-3-2;/h2-4,11-12H,1H3;2-4,11H,1H3;1-4H;1-3H;1-3H,(H,6,7);;/q+1;;;;+1;-1;+1. The number of pyridine rings is 5. The van der Waals surface area contributed by atoms with Crippen molar-refractivity contribution < 1.29 is 69.0 Å². The van der Waals surface area contributed by atoms with Crippen molar-refractivity contribution in [1.29, 1.82) is 0 Å². The number of nitro groups is 2. The molecular formula is C30H26ClN18NaO9+2. The van der Waals surface area contributed by atoms with Gasteiger partial charge in [0.05, 0.1) is 9.85 Å². The Kier molecular flexibility index (Phi) is 16.6. The Morgan fingerprint density at radius 3 is 2.08 bits per heavy atom. The summed E-state index contributed by atoms with van der Waals surface area (Å²) in [6.07, 6.45) is 9.03. The van der Waals surface area contributed by atoms with Gasteiger partial charge in [0, 0.05) is 49.9 Å². The van der Waals surface area contributed by atoms with Crippen LogP contribution in [0.2, 0.25) is 5.15 Å². The minimum atomic E-state index is -0.574. The predicted octanol–water partition coefficient (Wildman–Crippen LogP) is 1.31. The Morgan fingerprint density at radius 2 is 1.46 bits per heavy atom. The Morgan fingerprint density at radius 1 is 0.847 bits per heavy atom. The molecule has 27 nitrogen and oxygen atoms in total. The molecule has 0 spiro atoms. The molecule has 29 heteroatoms. The number of aromatic nitrogens is 13. The molecule has 0 atom stereocenters. The van der Waals surface area contributed by atoms with E-state index in [0.717, 1.165) is 14.2 Å². The summed E-state index contributed by atoms with van der Waals surface area (Å²) >= 11 is 5.37. The second-order valence-corrected chi connectivity index (χ2v) is 10.9. The van der Waals surface area contributed by atoms with Gasteiger partial charge in [-0.1, -0.05) is 26.1 Å². The molecular weight excluding hydrogens is 815 g/mol. The number of nitrogens with one attached hydrogen (secondary N) is 1. The molecule has 4 N–H and O–H groups in total. The van der Waals surface area contributed by atoms with Crippen LogP contribution in [-0.4, -0.2) is 79.6 Å². The zero-order valence-electron chi connectivity index (χ0n) is 30.5. The molecule has 0 saturated heterocycles. The molecule has 0 radical (unpaired) electrons. The van der Waals surface area contributed by atoms with Gasteiger partial charge in [0.15, 0.2) is 10.2 Å². The SMILES string of the molecule is Cc1n(O)c2cccnc2[n+]1O.Cc1nc2cccnc2n1O.O=[N+]([O-])c1cccn2ncnc12.O=[N+]([O-])c1cccnc1Cl.O=[n+]1o[nH]c2ncccc21.[N-]=[N+]=[N-].[Na+]. The van der Waals surface area contributed by atoms with Crippen molar-refractivity contribution in [1.82, 2.24) is 54.1 Å². The number of fused-ring (bicyclic) bond motifs is 4. The molecule has 0 aromatic carbocycles. The van der Waals surface area contributed by atoms with E-state index in [1.54, 1.807) is 75.0 Å². The van der Waals surface area contributed by atoms with Gasteiger partial charge in [0.25, 0.3) is 11.3 Å². The number of hydrogen-bond donors (Lipinski definition) is 4. The van der Waals surface area contributed by atoms with Crippen LogP contribution in [-0.2, 0) is 0 Å². The van der Waals surface area contributed by atoms with Gasteiger partial charge >= 0.3 is 52.2 Å². The largest absolute Gasteiger partial charge is 1.00 e. The third kappa shape index (κ3) is 11.4. The summed E-state index contributed by atoms with van der Waals surface area (Å²) in [4.78, 5) is 54.7. The summed E-state index contributed by atoms with van der Waals surface area (Å²) in [6, 6.07) is 16.0. The van der Waals surface area contributed by atoms with Crippen LogP contribution in [0.25, 0.3) is 55.1 Å². The first-order chi connectivity index (χ1) is 27.8. The third-order valence-electron chi connectivity index (χ3n) is 6.99. The Bertz CT molecular complexity index is 2890. The van der Waals surface area contributed by atoms with Crippen LogP contribution in [0.1, 0.15) is 11.6 Å². The van der Waals surface area contributed by atoms with Crippen molar-refractivity contribution in [3.05, 3.63) is 156 Å². The Labute approximate surface area is 353 Å². The summed E-state index contributed by atoms with van der Waals surface area (Å²) in [6.45, 7) is 3.31. The van der Waals surface area contributed by atoms with Crippen LogP contribution in [0.3, 0.4) is 0 Å². The Hall–Kier alpha value is -7.84. The van der Waals surface area contributed by atoms with Gasteiger partial charge in [-0.15, -0.1) is 4.98 Å². The average molecular weight is 841 g/mol. The molecule has 0 aliphatic carbocycles. The summed E-state index contributed by atoms with van der Waals surface area (Å²) < 4.78 is 8.84. The molecule has 0 saturated carbocycles. The van der Waals surface area contributed by atoms with Gasteiger partial charge in [0.1, 0.15) is 23.9 Å². The fourth-order valence-corrected chi connectivity index (χ4v) is 4.58. The number of halogens is 1. The number of aryl methyl sites for hydroxylation is 1. The first-order valence-electron chi connectivity index (χ1n) is 15.6. The molecule has 0 unspecified atom stereocenters. The number of aromatic amines is 1. The zero-order valence-corrected chi connectivity index (χ0v) is 33.3. The molecule has 59 heavy (non-hydrogen) atoms. The maximum Gasteiger partial charge on any atom is 1.00 e. The van der Waals surface area contributed by atoms with E-state index in [1.807, 2.05) is 6.07 Å². The van der Waals surface area contributed by atoms with E-state index in [0.29, 0.717) is 49.7 Å². The van der Waals surface area contributed by atoms with Crippen molar-refractivity contribution in [3.63, 3.8) is 0 Å². The van der Waals surface area contributed by atoms with E-state index < -0.39 is 9.85 Å². The van der Waals surface area contributed by atoms with E-state index in [4.69, 9.17) is 22.7 Å². The summed E-state index contributed by atoms with van der Waals surface area (Å²) in [5.41, 5.74) is 16.5. The fraction of sp³-hybridized carbons (Fsp3) is 0.0667. The van der Waals surface area contributed by atoms with Crippen LogP contribution in [0.15, 0.2) is 103 Å². The van der Waals surface area contributed by atoms with Crippen molar-refractivity contribution >= 4 is 62.1 Å². The van der Waals surface area contributed by atoms with E-state index in [9.17, 15) is 40.8 Å². The number of rotatable bonds is 2. The van der Waals surface area contributed by atoms with Gasteiger partial charge in [0.2, 0.25) is 16.3 Å². The third-order valence-corrected chi connectivity index (χ3v) is 7.28. The molecule has 0 fully saturated rings. The van der Waals surface area contributed by atoms with Crippen LogP contribution in [0.5, 0.6) is 0 Å². The second kappa shape index (κ2) is 21.5. The topological polar surface area (TPSA) is 366 Å². The molecule has 0 amide bonds.